The fourth-order valence-corrected chi connectivity index (χ4v) is 3.03. The van der Waals surface area contributed by atoms with Crippen LogP contribution in [0.5, 0.6) is 11.5 Å². The van der Waals surface area contributed by atoms with Gasteiger partial charge >= 0.3 is 6.03 Å². The zero-order chi connectivity index (χ0) is 17.8. The maximum Gasteiger partial charge on any atom is 0.322 e. The van der Waals surface area contributed by atoms with Gasteiger partial charge in [-0.2, -0.15) is 0 Å². The van der Waals surface area contributed by atoms with Crippen LogP contribution in [0.4, 0.5) is 4.79 Å². The van der Waals surface area contributed by atoms with E-state index < -0.39 is 12.1 Å². The molecular weight excluding hydrogens is 326 g/mol. The van der Waals surface area contributed by atoms with Gasteiger partial charge in [0.05, 0.1) is 13.7 Å². The summed E-state index contributed by atoms with van der Waals surface area (Å²) in [6.45, 7) is 1.51. The van der Waals surface area contributed by atoms with E-state index in [4.69, 9.17) is 9.47 Å². The lowest BCUT2D eigenvalue weighted by Crippen LogP contribution is -2.36. The SMILES string of the molecule is COc1cccc2c1OCCCN(C(=O)CCC1NC(=O)NC1=O)C2. The third-order valence-electron chi connectivity index (χ3n) is 4.32. The van der Waals surface area contributed by atoms with E-state index in [1.54, 1.807) is 12.0 Å². The summed E-state index contributed by atoms with van der Waals surface area (Å²) in [7, 11) is 1.58. The van der Waals surface area contributed by atoms with Gasteiger partial charge in [-0.15, -0.1) is 0 Å². The molecule has 2 heterocycles. The van der Waals surface area contributed by atoms with Gasteiger partial charge < -0.3 is 19.7 Å². The number of hydrogen-bond acceptors (Lipinski definition) is 5. The van der Waals surface area contributed by atoms with Gasteiger partial charge in [0, 0.05) is 25.1 Å². The third kappa shape index (κ3) is 3.84. The van der Waals surface area contributed by atoms with Crippen LogP contribution in [0.1, 0.15) is 24.8 Å². The highest BCUT2D eigenvalue weighted by atomic mass is 16.5. The Kier molecular flexibility index (Phi) is 5.06. The molecule has 134 valence electrons. The molecule has 8 heteroatoms. The van der Waals surface area contributed by atoms with Crippen LogP contribution in [0.2, 0.25) is 0 Å². The van der Waals surface area contributed by atoms with Gasteiger partial charge in [0.2, 0.25) is 5.91 Å². The van der Waals surface area contributed by atoms with Crippen molar-refractivity contribution in [2.24, 2.45) is 0 Å². The summed E-state index contributed by atoms with van der Waals surface area (Å²) >= 11 is 0. The van der Waals surface area contributed by atoms with Crippen LogP contribution in [0.15, 0.2) is 18.2 Å². The molecule has 0 spiro atoms. The summed E-state index contributed by atoms with van der Waals surface area (Å²) in [5, 5.41) is 4.68. The number of methoxy groups -OCH3 is 1. The molecule has 1 unspecified atom stereocenters. The third-order valence-corrected chi connectivity index (χ3v) is 4.32. The number of carbonyl (C=O) groups excluding carboxylic acids is 3. The van der Waals surface area contributed by atoms with Crippen molar-refractivity contribution in [1.82, 2.24) is 15.5 Å². The molecule has 1 saturated heterocycles. The molecule has 8 nitrogen and oxygen atoms in total. The predicted octanol–water partition coefficient (Wildman–Crippen LogP) is 0.794. The second-order valence-corrected chi connectivity index (χ2v) is 6.02. The molecular formula is C17H21N3O5. The Hall–Kier alpha value is -2.77. The molecule has 1 atom stereocenters. The first-order chi connectivity index (χ1) is 12.1. The Morgan fingerprint density at radius 1 is 1.40 bits per heavy atom. The number of imide groups is 1. The summed E-state index contributed by atoms with van der Waals surface area (Å²) in [4.78, 5) is 37.0. The number of carbonyl (C=O) groups is 3. The summed E-state index contributed by atoms with van der Waals surface area (Å²) in [6, 6.07) is 4.46. The number of nitrogens with one attached hydrogen (secondary N) is 2. The van der Waals surface area contributed by atoms with E-state index in [2.05, 4.69) is 10.6 Å². The highest BCUT2D eigenvalue weighted by molar-refractivity contribution is 6.04. The lowest BCUT2D eigenvalue weighted by Gasteiger charge is -2.27. The van der Waals surface area contributed by atoms with E-state index >= 15 is 0 Å². The van der Waals surface area contributed by atoms with Crippen molar-refractivity contribution in [1.29, 1.82) is 0 Å². The number of fused-ring (bicyclic) bond motifs is 1. The fraction of sp³-hybridized carbons (Fsp3) is 0.471. The Morgan fingerprint density at radius 3 is 2.96 bits per heavy atom. The van der Waals surface area contributed by atoms with Gasteiger partial charge in [-0.3, -0.25) is 14.9 Å². The largest absolute Gasteiger partial charge is 0.493 e. The van der Waals surface area contributed by atoms with Crippen molar-refractivity contribution in [2.75, 3.05) is 20.3 Å². The normalized spacial score (nSPS) is 19.9. The van der Waals surface area contributed by atoms with Gasteiger partial charge in [0.15, 0.2) is 11.5 Å². The van der Waals surface area contributed by atoms with Crippen molar-refractivity contribution in [3.8, 4) is 11.5 Å². The average molecular weight is 347 g/mol. The molecule has 0 saturated carbocycles. The number of ether oxygens (including phenoxy) is 2. The number of para-hydroxylation sites is 1. The molecule has 25 heavy (non-hydrogen) atoms. The van der Waals surface area contributed by atoms with Gasteiger partial charge in [-0.1, -0.05) is 12.1 Å². The molecule has 2 N–H and O–H groups in total. The summed E-state index contributed by atoms with van der Waals surface area (Å²) < 4.78 is 11.1. The fourth-order valence-electron chi connectivity index (χ4n) is 3.03. The highest BCUT2D eigenvalue weighted by Gasteiger charge is 2.30. The Balaban J connectivity index is 1.66. The number of rotatable bonds is 4. The molecule has 2 aliphatic rings. The average Bonchev–Trinajstić information content (AvgIpc) is 2.90. The minimum absolute atomic E-state index is 0.0513. The predicted molar refractivity (Wildman–Crippen MR) is 88.2 cm³/mol. The van der Waals surface area contributed by atoms with Crippen LogP contribution in [0.25, 0.3) is 0 Å². The topological polar surface area (TPSA) is 97.0 Å². The lowest BCUT2D eigenvalue weighted by molar-refractivity contribution is -0.132. The molecule has 1 aromatic carbocycles. The quantitative estimate of drug-likeness (QED) is 0.785. The number of nitrogens with zero attached hydrogens (tertiary/aromatic N) is 1. The van der Waals surface area contributed by atoms with Crippen LogP contribution in [0, 0.1) is 0 Å². The van der Waals surface area contributed by atoms with E-state index in [9.17, 15) is 14.4 Å². The molecule has 4 amide bonds. The molecule has 0 aliphatic carbocycles. The lowest BCUT2D eigenvalue weighted by atomic mass is 10.1. The number of amides is 4. The highest BCUT2D eigenvalue weighted by Crippen LogP contribution is 2.33. The Morgan fingerprint density at radius 2 is 2.24 bits per heavy atom. The summed E-state index contributed by atoms with van der Waals surface area (Å²) in [6.07, 6.45) is 1.19. The summed E-state index contributed by atoms with van der Waals surface area (Å²) in [5.74, 6) is 0.889. The van der Waals surface area contributed by atoms with Crippen molar-refractivity contribution >= 4 is 17.8 Å². The zero-order valence-corrected chi connectivity index (χ0v) is 14.0. The second-order valence-electron chi connectivity index (χ2n) is 6.02. The number of hydrogen-bond donors (Lipinski definition) is 2. The first-order valence-electron chi connectivity index (χ1n) is 8.26. The minimum atomic E-state index is -0.637. The Bertz CT molecular complexity index is 691. The van der Waals surface area contributed by atoms with Gasteiger partial charge in [-0.25, -0.2) is 4.79 Å². The van der Waals surface area contributed by atoms with Gasteiger partial charge in [0.25, 0.3) is 5.91 Å². The molecule has 1 aromatic rings. The first kappa shape index (κ1) is 17.1. The molecule has 3 rings (SSSR count). The van der Waals surface area contributed by atoms with Crippen LogP contribution in [-0.2, 0) is 16.1 Å². The van der Waals surface area contributed by atoms with E-state index in [-0.39, 0.29) is 24.7 Å². The van der Waals surface area contributed by atoms with Crippen LogP contribution >= 0.6 is 0 Å². The maximum absolute atomic E-state index is 12.6. The zero-order valence-electron chi connectivity index (χ0n) is 14.0. The van der Waals surface area contributed by atoms with E-state index in [1.807, 2.05) is 18.2 Å². The van der Waals surface area contributed by atoms with E-state index in [1.165, 1.54) is 0 Å². The van der Waals surface area contributed by atoms with Crippen molar-refractivity contribution < 1.29 is 23.9 Å². The van der Waals surface area contributed by atoms with Crippen molar-refractivity contribution in [3.05, 3.63) is 23.8 Å². The molecule has 2 aliphatic heterocycles. The van der Waals surface area contributed by atoms with Crippen molar-refractivity contribution in [3.63, 3.8) is 0 Å². The standard InChI is InChI=1S/C17H21N3O5/c1-24-13-5-2-4-11-10-20(8-3-9-25-15(11)13)14(21)7-6-12-16(22)19-17(23)18-12/h2,4-5,12H,3,6-10H2,1H3,(H2,18,19,22,23). The second kappa shape index (κ2) is 7.42. The number of urea groups is 1. The van der Waals surface area contributed by atoms with Crippen molar-refractivity contribution in [2.45, 2.75) is 31.8 Å². The molecule has 0 aromatic heterocycles. The Labute approximate surface area is 145 Å². The molecule has 1 fully saturated rings. The van der Waals surface area contributed by atoms with E-state index in [0.29, 0.717) is 37.6 Å². The summed E-state index contributed by atoms with van der Waals surface area (Å²) in [5.41, 5.74) is 0.888. The molecule has 0 radical (unpaired) electrons. The van der Waals surface area contributed by atoms with E-state index in [0.717, 1.165) is 5.56 Å². The first-order valence-corrected chi connectivity index (χ1v) is 8.26. The van der Waals surface area contributed by atoms with Gasteiger partial charge in [-0.05, 0) is 18.9 Å². The molecule has 0 bridgehead atoms. The van der Waals surface area contributed by atoms with Crippen LogP contribution in [0.3, 0.4) is 0 Å². The van der Waals surface area contributed by atoms with Gasteiger partial charge in [0.1, 0.15) is 6.04 Å². The van der Waals surface area contributed by atoms with Crippen LogP contribution in [-0.4, -0.2) is 49.0 Å². The minimum Gasteiger partial charge on any atom is -0.493 e. The number of benzene rings is 1. The monoisotopic (exact) mass is 347 g/mol. The smallest absolute Gasteiger partial charge is 0.322 e. The maximum atomic E-state index is 12.6. The van der Waals surface area contributed by atoms with Crippen LogP contribution < -0.4 is 20.1 Å².